The molecule has 0 saturated heterocycles. The third kappa shape index (κ3) is 42.3. The summed E-state index contributed by atoms with van der Waals surface area (Å²) in [6.45, 7) is 19.8. The van der Waals surface area contributed by atoms with Crippen molar-refractivity contribution in [1.82, 2.24) is 0 Å². The van der Waals surface area contributed by atoms with Crippen molar-refractivity contribution in [3.05, 3.63) is 168 Å². The zero-order valence-electron chi connectivity index (χ0n) is 50.6. The van der Waals surface area contributed by atoms with E-state index >= 15 is 0 Å². The van der Waals surface area contributed by atoms with Crippen LogP contribution in [0.1, 0.15) is 194 Å². The molecule has 9 aliphatic rings. The van der Waals surface area contributed by atoms with Crippen molar-refractivity contribution in [3.63, 3.8) is 0 Å². The zero-order chi connectivity index (χ0) is 52.2. The molecule has 0 aromatic heterocycles. The molecule has 6 fully saturated rings. The molecule has 9 rings (SSSR count). The molecule has 77 heavy (non-hydrogen) atoms. The zero-order valence-corrected chi connectivity index (χ0v) is 62.5. The van der Waals surface area contributed by atoms with E-state index in [9.17, 15) is 0 Å². The Bertz CT molecular complexity index is 1350. The molecule has 9 atom stereocenters. The Balaban J connectivity index is -0.000000188. The minimum absolute atomic E-state index is 0. The van der Waals surface area contributed by atoms with Crippen molar-refractivity contribution in [3.8, 4) is 0 Å². The molecule has 0 aromatic carbocycles. The molecule has 0 aromatic rings. The first kappa shape index (κ1) is 90.0. The van der Waals surface area contributed by atoms with Crippen molar-refractivity contribution < 1.29 is 62.5 Å². The van der Waals surface area contributed by atoms with Crippen LogP contribution < -0.4 is 0 Å². The SMILES string of the molecule is C=CCC1CCC2C=CC=CC21.C=CCC1CCC2C=CC=CC21.C=CCC1CCC2C=CC=CC21.C=CCCC1CCCC1.CCCC1CCCC1.CCCCC1CCCC1.[CH3-].[CH3-].[CH3-].[CH3-].[CH3-].[CH3-].[Cl][Zr+2][Cl].[Cl][Zr+2][Cl].[Cl][Zr+2][Cl]. The summed E-state index contributed by atoms with van der Waals surface area (Å²) in [5, 5.41) is 0. The minimum atomic E-state index is -0.826. The summed E-state index contributed by atoms with van der Waals surface area (Å²) < 4.78 is 0. The Hall–Kier alpha value is 1.79. The molecule has 9 unspecified atom stereocenters. The second-order valence-corrected chi connectivity index (χ2v) is 32.3. The van der Waals surface area contributed by atoms with Gasteiger partial charge in [-0.2, -0.15) is 0 Å². The van der Waals surface area contributed by atoms with Gasteiger partial charge < -0.3 is 44.6 Å². The molecule has 0 spiro atoms. The third-order valence-corrected chi connectivity index (χ3v) is 16.4. The predicted octanol–water partition coefficient (Wildman–Crippen LogP) is 26.3. The van der Waals surface area contributed by atoms with Crippen molar-refractivity contribution in [1.29, 1.82) is 0 Å². The van der Waals surface area contributed by atoms with Crippen LogP contribution in [0, 0.1) is 116 Å². The maximum absolute atomic E-state index is 4.93. The van der Waals surface area contributed by atoms with E-state index < -0.39 is 62.5 Å². The van der Waals surface area contributed by atoms with Gasteiger partial charge in [0.2, 0.25) is 0 Å². The molecular formula is C68H116Cl6Zr3. The van der Waals surface area contributed by atoms with E-state index in [1.807, 2.05) is 6.08 Å². The van der Waals surface area contributed by atoms with Crippen LogP contribution >= 0.6 is 51.1 Å². The van der Waals surface area contributed by atoms with Crippen molar-refractivity contribution >= 4 is 51.1 Å². The molecular weight excluding hydrogens is 1300 g/mol. The maximum atomic E-state index is 4.93. The van der Waals surface area contributed by atoms with Gasteiger partial charge in [-0.25, -0.2) is 0 Å². The van der Waals surface area contributed by atoms with E-state index in [2.05, 4.69) is 131 Å². The summed E-state index contributed by atoms with van der Waals surface area (Å²) in [4.78, 5) is 0. The molecule has 9 heteroatoms. The second kappa shape index (κ2) is 63.8. The number of halogens is 6. The fourth-order valence-electron chi connectivity index (χ4n) is 12.8. The molecule has 0 amide bonds. The van der Waals surface area contributed by atoms with Crippen LogP contribution in [-0.4, -0.2) is 0 Å². The summed E-state index contributed by atoms with van der Waals surface area (Å²) in [6, 6.07) is 0. The quantitative estimate of drug-likeness (QED) is 0.120. The topological polar surface area (TPSA) is 0 Å². The number of hydrogen-bond acceptors (Lipinski definition) is 0. The second-order valence-electron chi connectivity index (χ2n) is 21.1. The average Bonchev–Trinajstić information content (AvgIpc) is 4.27. The molecule has 0 N–H and O–H groups in total. The van der Waals surface area contributed by atoms with E-state index in [1.54, 1.807) is 0 Å². The van der Waals surface area contributed by atoms with Crippen LogP contribution in [0.5, 0.6) is 0 Å². The van der Waals surface area contributed by atoms with Gasteiger partial charge in [-0.1, -0.05) is 220 Å². The van der Waals surface area contributed by atoms with Gasteiger partial charge in [-0.15, -0.1) is 26.3 Å². The van der Waals surface area contributed by atoms with E-state index in [0.717, 1.165) is 71.0 Å². The number of fused-ring (bicyclic) bond motifs is 3. The first-order valence-electron chi connectivity index (χ1n) is 28.2. The molecule has 442 valence electrons. The number of unbranched alkanes of at least 4 members (excludes halogenated alkanes) is 1. The standard InChI is InChI=1S/3C12H16.C9H18.C9H16.C8H16.6CH3.6ClH.3Zr/c3*1-2-5-10-8-9-11-6-3-4-7-12(10)11;2*1-2-3-6-9-7-4-5-8-9;1-2-5-8-6-3-4-7-8;;;;;;;;;;;;;;;/h3*2-4,6-7,10-12H,1,5,8-9H2;9H,2-8H2,1H3;2,9H,1,3-8H2;8H,2-7H2,1H3;6*1H3;6*1H;;;/q;;;;;;6*-1;;;;;;;3*+4/p-6. The van der Waals surface area contributed by atoms with Crippen LogP contribution in [0.4, 0.5) is 0 Å². The monoisotopic (exact) mass is 1410 g/mol. The summed E-state index contributed by atoms with van der Waals surface area (Å²) in [5.41, 5.74) is 0. The normalized spacial score (nSPS) is 25.4. The first-order chi connectivity index (χ1) is 34.8. The Kier molecular flexibility index (Phi) is 74.6. The van der Waals surface area contributed by atoms with Gasteiger partial charge in [0.15, 0.2) is 0 Å². The van der Waals surface area contributed by atoms with Crippen LogP contribution in [0.2, 0.25) is 0 Å². The molecule has 9 aliphatic carbocycles. The summed E-state index contributed by atoms with van der Waals surface area (Å²) in [6.07, 6.45) is 75.4. The molecule has 0 nitrogen and oxygen atoms in total. The van der Waals surface area contributed by atoms with Gasteiger partial charge in [-0.05, 0) is 142 Å². The van der Waals surface area contributed by atoms with Gasteiger partial charge in [0.1, 0.15) is 0 Å². The molecule has 0 radical (unpaired) electrons. The fourth-order valence-corrected chi connectivity index (χ4v) is 12.8. The van der Waals surface area contributed by atoms with Crippen molar-refractivity contribution in [2.75, 3.05) is 0 Å². The number of rotatable bonds is 14. The predicted molar refractivity (Wildman–Crippen MR) is 352 cm³/mol. The third-order valence-electron chi connectivity index (χ3n) is 16.4. The Morgan fingerprint density at radius 2 is 0.636 bits per heavy atom. The van der Waals surface area contributed by atoms with E-state index in [-0.39, 0.29) is 44.6 Å². The fraction of sp³-hybridized carbons (Fsp3) is 0.618. The van der Waals surface area contributed by atoms with Crippen LogP contribution in [0.3, 0.4) is 0 Å². The van der Waals surface area contributed by atoms with Gasteiger partial charge in [0.25, 0.3) is 0 Å². The van der Waals surface area contributed by atoms with Crippen molar-refractivity contribution in [2.24, 2.45) is 71.0 Å². The Morgan fingerprint density at radius 3 is 0.896 bits per heavy atom. The van der Waals surface area contributed by atoms with E-state index in [1.165, 1.54) is 180 Å². The Labute approximate surface area is 540 Å². The summed E-state index contributed by atoms with van der Waals surface area (Å²) >= 11 is -2.48. The van der Waals surface area contributed by atoms with Gasteiger partial charge >= 0.3 is 114 Å². The molecule has 6 saturated carbocycles. The van der Waals surface area contributed by atoms with E-state index in [0.29, 0.717) is 0 Å². The number of allylic oxidation sites excluding steroid dienone is 16. The van der Waals surface area contributed by atoms with Crippen LogP contribution in [0.15, 0.2) is 124 Å². The summed E-state index contributed by atoms with van der Waals surface area (Å²) in [7, 11) is 29.6. The average molecular weight is 1420 g/mol. The Morgan fingerprint density at radius 1 is 0.364 bits per heavy atom. The molecule has 0 aliphatic heterocycles. The molecule has 0 bridgehead atoms. The molecule has 0 heterocycles. The van der Waals surface area contributed by atoms with Gasteiger partial charge in [0.05, 0.1) is 0 Å². The van der Waals surface area contributed by atoms with Gasteiger partial charge in [0, 0.05) is 0 Å². The summed E-state index contributed by atoms with van der Waals surface area (Å²) in [5.74, 6) is 10.8. The van der Waals surface area contributed by atoms with E-state index in [4.69, 9.17) is 51.1 Å². The first-order valence-corrected chi connectivity index (χ1v) is 47.2. The van der Waals surface area contributed by atoms with Gasteiger partial charge in [-0.3, -0.25) is 0 Å². The van der Waals surface area contributed by atoms with Crippen LogP contribution in [0.25, 0.3) is 0 Å². The van der Waals surface area contributed by atoms with Crippen LogP contribution in [-0.2, 0) is 62.5 Å². The van der Waals surface area contributed by atoms with Crippen molar-refractivity contribution in [2.45, 2.75) is 194 Å². The number of hydrogen-bond donors (Lipinski definition) is 0.